The number of H-pyrrole nitrogens is 1. The second kappa shape index (κ2) is 6.83. The molecule has 3 heterocycles. The Morgan fingerprint density at radius 3 is 2.71 bits per heavy atom. The smallest absolute Gasteiger partial charge is 0.181 e. The van der Waals surface area contributed by atoms with Crippen LogP contribution in [0.15, 0.2) is 30.3 Å². The molecule has 6 nitrogen and oxygen atoms in total. The lowest BCUT2D eigenvalue weighted by atomic mass is 9.91. The van der Waals surface area contributed by atoms with Gasteiger partial charge in [-0.3, -0.25) is 14.8 Å². The molecule has 1 aromatic carbocycles. The summed E-state index contributed by atoms with van der Waals surface area (Å²) in [7, 11) is 0. The van der Waals surface area contributed by atoms with E-state index in [4.69, 9.17) is 4.74 Å². The van der Waals surface area contributed by atoms with Gasteiger partial charge in [-0.15, -0.1) is 0 Å². The third kappa shape index (κ3) is 3.12. The van der Waals surface area contributed by atoms with Gasteiger partial charge >= 0.3 is 0 Å². The first-order chi connectivity index (χ1) is 11.8. The molecule has 2 aliphatic rings. The van der Waals surface area contributed by atoms with Crippen molar-refractivity contribution in [2.75, 3.05) is 19.8 Å². The number of carbonyl (C=O) groups excluding carboxylic acids is 1. The molecular formula is C18H22N4O2. The predicted octanol–water partition coefficient (Wildman–Crippen LogP) is 1.84. The molecule has 1 N–H and O–H groups in total. The van der Waals surface area contributed by atoms with Crippen LogP contribution in [-0.2, 0) is 16.0 Å². The normalized spacial score (nSPS) is 22.2. The van der Waals surface area contributed by atoms with Crippen LogP contribution in [-0.4, -0.2) is 57.7 Å². The molecule has 24 heavy (non-hydrogen) atoms. The molecule has 2 aliphatic heterocycles. The SMILES string of the molecule is O=C(Cc1nc(-c2ccccc2)n[nH]1)[C@@H]1CCN1C1CCOCC1. The molecular weight excluding hydrogens is 304 g/mol. The van der Waals surface area contributed by atoms with Crippen molar-refractivity contribution in [3.8, 4) is 11.4 Å². The topological polar surface area (TPSA) is 71.1 Å². The molecule has 4 rings (SSSR count). The van der Waals surface area contributed by atoms with Crippen molar-refractivity contribution in [1.29, 1.82) is 0 Å². The van der Waals surface area contributed by atoms with Gasteiger partial charge < -0.3 is 4.74 Å². The van der Waals surface area contributed by atoms with Crippen molar-refractivity contribution in [1.82, 2.24) is 20.1 Å². The summed E-state index contributed by atoms with van der Waals surface area (Å²) < 4.78 is 5.42. The van der Waals surface area contributed by atoms with Crippen molar-refractivity contribution in [2.24, 2.45) is 0 Å². The summed E-state index contributed by atoms with van der Waals surface area (Å²) in [6.45, 7) is 2.64. The number of nitrogens with zero attached hydrogens (tertiary/aromatic N) is 3. The summed E-state index contributed by atoms with van der Waals surface area (Å²) in [5, 5.41) is 7.15. The van der Waals surface area contributed by atoms with E-state index in [9.17, 15) is 4.79 Å². The van der Waals surface area contributed by atoms with Crippen LogP contribution >= 0.6 is 0 Å². The van der Waals surface area contributed by atoms with Crippen LogP contribution in [0.5, 0.6) is 0 Å². The largest absolute Gasteiger partial charge is 0.381 e. The second-order valence-electron chi connectivity index (χ2n) is 6.50. The van der Waals surface area contributed by atoms with Gasteiger partial charge in [0.25, 0.3) is 0 Å². The fraction of sp³-hybridized carbons (Fsp3) is 0.500. The van der Waals surface area contributed by atoms with Crippen LogP contribution in [0.2, 0.25) is 0 Å². The zero-order chi connectivity index (χ0) is 16.4. The first kappa shape index (κ1) is 15.5. The summed E-state index contributed by atoms with van der Waals surface area (Å²) in [5.74, 6) is 1.54. The molecule has 0 bridgehead atoms. The van der Waals surface area contributed by atoms with Crippen LogP contribution in [0.25, 0.3) is 11.4 Å². The fourth-order valence-electron chi connectivity index (χ4n) is 3.58. The van der Waals surface area contributed by atoms with E-state index in [1.807, 2.05) is 30.3 Å². The number of rotatable bonds is 5. The Balaban J connectivity index is 1.39. The number of nitrogens with one attached hydrogen (secondary N) is 1. The summed E-state index contributed by atoms with van der Waals surface area (Å²) >= 11 is 0. The van der Waals surface area contributed by atoms with Crippen LogP contribution in [0.3, 0.4) is 0 Å². The van der Waals surface area contributed by atoms with E-state index in [1.165, 1.54) is 0 Å². The van der Waals surface area contributed by atoms with Gasteiger partial charge in [-0.05, 0) is 19.3 Å². The molecule has 2 aromatic rings. The third-order valence-electron chi connectivity index (χ3n) is 5.00. The average Bonchev–Trinajstić information content (AvgIpc) is 3.04. The highest BCUT2D eigenvalue weighted by Gasteiger charge is 2.38. The van der Waals surface area contributed by atoms with Crippen molar-refractivity contribution < 1.29 is 9.53 Å². The minimum atomic E-state index is 0.0402. The zero-order valence-electron chi connectivity index (χ0n) is 13.6. The highest BCUT2D eigenvalue weighted by molar-refractivity contribution is 5.86. The lowest BCUT2D eigenvalue weighted by Gasteiger charge is -2.46. The highest BCUT2D eigenvalue weighted by Crippen LogP contribution is 2.27. The minimum Gasteiger partial charge on any atom is -0.381 e. The maximum atomic E-state index is 12.6. The minimum absolute atomic E-state index is 0.0402. The van der Waals surface area contributed by atoms with Gasteiger partial charge in [0, 0.05) is 31.4 Å². The van der Waals surface area contributed by atoms with Crippen molar-refractivity contribution in [2.45, 2.75) is 37.8 Å². The maximum absolute atomic E-state index is 12.6. The molecule has 0 aliphatic carbocycles. The molecule has 2 saturated heterocycles. The van der Waals surface area contributed by atoms with Crippen molar-refractivity contribution in [3.63, 3.8) is 0 Å². The lowest BCUT2D eigenvalue weighted by molar-refractivity contribution is -0.131. The quantitative estimate of drug-likeness (QED) is 0.908. The Bertz CT molecular complexity index is 694. The Labute approximate surface area is 141 Å². The van der Waals surface area contributed by atoms with E-state index >= 15 is 0 Å². The lowest BCUT2D eigenvalue weighted by Crippen LogP contribution is -2.58. The number of ketones is 1. The van der Waals surface area contributed by atoms with Gasteiger partial charge in [0.05, 0.1) is 12.5 Å². The number of ether oxygens (including phenoxy) is 1. The van der Waals surface area contributed by atoms with Crippen LogP contribution < -0.4 is 0 Å². The number of likely N-dealkylation sites (tertiary alicyclic amines) is 1. The Morgan fingerprint density at radius 2 is 2.00 bits per heavy atom. The Morgan fingerprint density at radius 1 is 1.21 bits per heavy atom. The Kier molecular flexibility index (Phi) is 4.40. The van der Waals surface area contributed by atoms with Gasteiger partial charge in [-0.1, -0.05) is 30.3 Å². The van der Waals surface area contributed by atoms with E-state index in [0.717, 1.165) is 44.6 Å². The monoisotopic (exact) mass is 326 g/mol. The number of benzene rings is 1. The zero-order valence-corrected chi connectivity index (χ0v) is 13.6. The van der Waals surface area contributed by atoms with Crippen LogP contribution in [0.4, 0.5) is 0 Å². The summed E-state index contributed by atoms with van der Waals surface area (Å²) in [6, 6.07) is 10.3. The number of aromatic amines is 1. The second-order valence-corrected chi connectivity index (χ2v) is 6.50. The number of hydrogen-bond acceptors (Lipinski definition) is 5. The Hall–Kier alpha value is -2.05. The van der Waals surface area contributed by atoms with Crippen molar-refractivity contribution in [3.05, 3.63) is 36.2 Å². The van der Waals surface area contributed by atoms with Crippen molar-refractivity contribution >= 4 is 5.78 Å². The van der Waals surface area contributed by atoms with E-state index in [-0.39, 0.29) is 11.8 Å². The van der Waals surface area contributed by atoms with Gasteiger partial charge in [-0.2, -0.15) is 5.10 Å². The number of Topliss-reactive ketones (excluding diaryl/α,β-unsaturated/α-hetero) is 1. The van der Waals surface area contributed by atoms with E-state index in [0.29, 0.717) is 24.1 Å². The van der Waals surface area contributed by atoms with Gasteiger partial charge in [0.1, 0.15) is 5.82 Å². The first-order valence-electron chi connectivity index (χ1n) is 8.64. The van der Waals surface area contributed by atoms with Gasteiger partial charge in [-0.25, -0.2) is 4.98 Å². The van der Waals surface area contributed by atoms with Crippen LogP contribution in [0, 0.1) is 0 Å². The average molecular weight is 326 g/mol. The molecule has 1 atom stereocenters. The fourth-order valence-corrected chi connectivity index (χ4v) is 3.58. The number of hydrogen-bond donors (Lipinski definition) is 1. The highest BCUT2D eigenvalue weighted by atomic mass is 16.5. The molecule has 0 spiro atoms. The molecule has 0 radical (unpaired) electrons. The van der Waals surface area contributed by atoms with E-state index < -0.39 is 0 Å². The first-order valence-corrected chi connectivity index (χ1v) is 8.64. The van der Waals surface area contributed by atoms with Gasteiger partial charge in [0.15, 0.2) is 11.6 Å². The van der Waals surface area contributed by atoms with Gasteiger partial charge in [0.2, 0.25) is 0 Å². The summed E-state index contributed by atoms with van der Waals surface area (Å²) in [5.41, 5.74) is 0.958. The molecule has 0 saturated carbocycles. The van der Waals surface area contributed by atoms with Crippen LogP contribution in [0.1, 0.15) is 25.1 Å². The summed E-state index contributed by atoms with van der Waals surface area (Å²) in [6.07, 6.45) is 3.34. The molecule has 126 valence electrons. The third-order valence-corrected chi connectivity index (χ3v) is 5.00. The molecule has 2 fully saturated rings. The van der Waals surface area contributed by atoms with E-state index in [1.54, 1.807) is 0 Å². The maximum Gasteiger partial charge on any atom is 0.181 e. The number of carbonyl (C=O) groups is 1. The molecule has 1 aromatic heterocycles. The predicted molar refractivity (Wildman–Crippen MR) is 89.5 cm³/mol. The summed E-state index contributed by atoms with van der Waals surface area (Å²) in [4.78, 5) is 19.5. The standard InChI is InChI=1S/C18H22N4O2/c23-16(15-6-9-22(15)14-7-10-24-11-8-14)12-17-19-18(21-20-17)13-4-2-1-3-5-13/h1-5,14-15H,6-12H2,(H,19,20,21)/t15-/m0/s1. The molecule has 0 unspecified atom stereocenters. The molecule has 0 amide bonds. The molecule has 6 heteroatoms. The van der Waals surface area contributed by atoms with E-state index in [2.05, 4.69) is 20.1 Å². The number of aromatic nitrogens is 3.